The van der Waals surface area contributed by atoms with Crippen LogP contribution in [0.5, 0.6) is 11.5 Å². The summed E-state index contributed by atoms with van der Waals surface area (Å²) < 4.78 is 10.5. The molecule has 5 nitrogen and oxygen atoms in total. The summed E-state index contributed by atoms with van der Waals surface area (Å²) in [5.74, 6) is 0.667. The fourth-order valence-electron chi connectivity index (χ4n) is 2.46. The number of anilines is 1. The summed E-state index contributed by atoms with van der Waals surface area (Å²) in [7, 11) is 3.01. The van der Waals surface area contributed by atoms with Gasteiger partial charge in [0.25, 0.3) is 0 Å². The second kappa shape index (κ2) is 8.61. The van der Waals surface area contributed by atoms with Crippen LogP contribution < -0.4 is 14.8 Å². The van der Waals surface area contributed by atoms with Gasteiger partial charge in [-0.2, -0.15) is 0 Å². The number of hydrogen-bond acceptors (Lipinski definition) is 5. The van der Waals surface area contributed by atoms with Crippen LogP contribution in [0.4, 0.5) is 5.69 Å². The molecular weight excluding hydrogens is 407 g/mol. The highest BCUT2D eigenvalue weighted by molar-refractivity contribution is 7.13. The van der Waals surface area contributed by atoms with Gasteiger partial charge in [-0.15, -0.1) is 11.3 Å². The van der Waals surface area contributed by atoms with Crippen molar-refractivity contribution in [2.75, 3.05) is 19.5 Å². The normalized spacial score (nSPS) is 10.5. The molecule has 1 aromatic heterocycles. The molecule has 0 bridgehead atoms. The van der Waals surface area contributed by atoms with E-state index in [0.29, 0.717) is 32.9 Å². The third-order valence-corrected chi connectivity index (χ3v) is 5.30. The number of carbonyl (C=O) groups excluding carboxylic acids is 1. The maximum Gasteiger partial charge on any atom is 0.230 e. The Hall–Kier alpha value is -2.28. The summed E-state index contributed by atoms with van der Waals surface area (Å²) in [5, 5.41) is 6.45. The van der Waals surface area contributed by atoms with Gasteiger partial charge >= 0.3 is 0 Å². The number of benzene rings is 2. The van der Waals surface area contributed by atoms with Gasteiger partial charge in [-0.3, -0.25) is 4.79 Å². The topological polar surface area (TPSA) is 60.5 Å². The summed E-state index contributed by atoms with van der Waals surface area (Å²) in [6.45, 7) is 0. The first-order valence-electron chi connectivity index (χ1n) is 7.92. The van der Waals surface area contributed by atoms with Crippen molar-refractivity contribution in [1.82, 2.24) is 4.98 Å². The second-order valence-electron chi connectivity index (χ2n) is 5.54. The fourth-order valence-corrected chi connectivity index (χ4v) is 3.83. The lowest BCUT2D eigenvalue weighted by molar-refractivity contribution is -0.115. The van der Waals surface area contributed by atoms with Gasteiger partial charge in [0.1, 0.15) is 16.5 Å². The van der Waals surface area contributed by atoms with Crippen LogP contribution in [0.25, 0.3) is 10.6 Å². The van der Waals surface area contributed by atoms with Crippen molar-refractivity contribution in [2.45, 2.75) is 6.42 Å². The van der Waals surface area contributed by atoms with E-state index in [4.69, 9.17) is 32.7 Å². The molecule has 0 saturated heterocycles. The molecule has 1 heterocycles. The Bertz CT molecular complexity index is 975. The number of nitrogens with one attached hydrogen (secondary N) is 1. The number of methoxy groups -OCH3 is 2. The monoisotopic (exact) mass is 422 g/mol. The first kappa shape index (κ1) is 19.5. The molecule has 0 atom stereocenters. The molecule has 0 aliphatic carbocycles. The Balaban J connectivity index is 1.75. The van der Waals surface area contributed by atoms with Crippen molar-refractivity contribution in [2.24, 2.45) is 0 Å². The highest BCUT2D eigenvalue weighted by atomic mass is 35.5. The maximum atomic E-state index is 12.4. The number of ether oxygens (including phenoxy) is 2. The number of rotatable bonds is 6. The summed E-state index contributed by atoms with van der Waals surface area (Å²) >= 11 is 13.7. The molecule has 0 aliphatic rings. The van der Waals surface area contributed by atoms with Crippen LogP contribution in [0.2, 0.25) is 10.0 Å². The zero-order chi connectivity index (χ0) is 19.4. The van der Waals surface area contributed by atoms with Crippen molar-refractivity contribution in [1.29, 1.82) is 0 Å². The first-order valence-corrected chi connectivity index (χ1v) is 9.56. The minimum atomic E-state index is -0.228. The summed E-state index contributed by atoms with van der Waals surface area (Å²) in [6, 6.07) is 10.7. The fraction of sp³-hybridized carbons (Fsp3) is 0.158. The number of halogens is 2. The number of amides is 1. The van der Waals surface area contributed by atoms with Gasteiger partial charge in [-0.25, -0.2) is 4.98 Å². The standard InChI is InChI=1S/C19H16Cl2N2O3S/c1-25-16-9-15(17(26-2)8-14(16)21)23-18(24)7-11-10-27-19(22-11)12-5-3-4-6-13(12)20/h3-6,8-10H,7H2,1-2H3,(H,23,24). The van der Waals surface area contributed by atoms with Gasteiger partial charge in [0.05, 0.1) is 42.1 Å². The van der Waals surface area contributed by atoms with Crippen LogP contribution in [0.3, 0.4) is 0 Å². The Morgan fingerprint density at radius 1 is 1.11 bits per heavy atom. The zero-order valence-corrected chi connectivity index (χ0v) is 16.9. The smallest absolute Gasteiger partial charge is 0.230 e. The third kappa shape index (κ3) is 4.53. The maximum absolute atomic E-state index is 12.4. The molecule has 2 aromatic carbocycles. The Morgan fingerprint density at radius 3 is 2.56 bits per heavy atom. The molecule has 0 saturated carbocycles. The van der Waals surface area contributed by atoms with Crippen molar-refractivity contribution in [3.05, 3.63) is 57.5 Å². The Labute approximate surface area is 170 Å². The van der Waals surface area contributed by atoms with E-state index in [2.05, 4.69) is 10.3 Å². The molecular formula is C19H16Cl2N2O3S. The molecule has 0 aliphatic heterocycles. The summed E-state index contributed by atoms with van der Waals surface area (Å²) in [6.07, 6.45) is 0.120. The van der Waals surface area contributed by atoms with Gasteiger partial charge in [0.15, 0.2) is 0 Å². The average Bonchev–Trinajstić information content (AvgIpc) is 3.11. The predicted octanol–water partition coefficient (Wildman–Crippen LogP) is 5.32. The predicted molar refractivity (Wildman–Crippen MR) is 109 cm³/mol. The molecule has 140 valence electrons. The van der Waals surface area contributed by atoms with Gasteiger partial charge in [-0.1, -0.05) is 41.4 Å². The van der Waals surface area contributed by atoms with E-state index < -0.39 is 0 Å². The number of thiazole rings is 1. The molecule has 3 aromatic rings. The molecule has 27 heavy (non-hydrogen) atoms. The molecule has 0 fully saturated rings. The van der Waals surface area contributed by atoms with E-state index in [1.807, 2.05) is 29.6 Å². The van der Waals surface area contributed by atoms with Gasteiger partial charge in [0, 0.05) is 23.1 Å². The van der Waals surface area contributed by atoms with E-state index in [-0.39, 0.29) is 12.3 Å². The highest BCUT2D eigenvalue weighted by Gasteiger charge is 2.15. The quantitative estimate of drug-likeness (QED) is 0.583. The Kier molecular flexibility index (Phi) is 6.21. The van der Waals surface area contributed by atoms with E-state index >= 15 is 0 Å². The molecule has 0 radical (unpaired) electrons. The summed E-state index contributed by atoms with van der Waals surface area (Å²) in [5.41, 5.74) is 1.98. The minimum absolute atomic E-state index is 0.120. The van der Waals surface area contributed by atoms with E-state index in [9.17, 15) is 4.79 Å². The Morgan fingerprint density at radius 2 is 1.85 bits per heavy atom. The number of nitrogens with zero attached hydrogens (tertiary/aromatic N) is 1. The first-order chi connectivity index (χ1) is 13.0. The number of hydrogen-bond donors (Lipinski definition) is 1. The highest BCUT2D eigenvalue weighted by Crippen LogP contribution is 2.36. The molecule has 0 unspecified atom stereocenters. The van der Waals surface area contributed by atoms with E-state index in [1.54, 1.807) is 12.1 Å². The zero-order valence-electron chi connectivity index (χ0n) is 14.6. The van der Waals surface area contributed by atoms with Crippen LogP contribution in [0, 0.1) is 0 Å². The van der Waals surface area contributed by atoms with Crippen LogP contribution in [0.1, 0.15) is 5.69 Å². The van der Waals surface area contributed by atoms with Crippen LogP contribution in [-0.4, -0.2) is 25.1 Å². The molecule has 1 amide bonds. The number of carbonyl (C=O) groups is 1. The van der Waals surface area contributed by atoms with Crippen molar-refractivity contribution in [3.63, 3.8) is 0 Å². The van der Waals surface area contributed by atoms with Crippen LogP contribution >= 0.6 is 34.5 Å². The van der Waals surface area contributed by atoms with Gasteiger partial charge in [0.2, 0.25) is 5.91 Å². The number of aromatic nitrogens is 1. The van der Waals surface area contributed by atoms with E-state index in [1.165, 1.54) is 25.6 Å². The molecule has 1 N–H and O–H groups in total. The molecule has 0 spiro atoms. The lowest BCUT2D eigenvalue weighted by Crippen LogP contribution is -2.15. The van der Waals surface area contributed by atoms with Crippen molar-refractivity contribution in [3.8, 4) is 22.1 Å². The van der Waals surface area contributed by atoms with Crippen molar-refractivity contribution < 1.29 is 14.3 Å². The van der Waals surface area contributed by atoms with E-state index in [0.717, 1.165) is 10.6 Å². The lowest BCUT2D eigenvalue weighted by Gasteiger charge is -2.12. The summed E-state index contributed by atoms with van der Waals surface area (Å²) in [4.78, 5) is 17.0. The average molecular weight is 423 g/mol. The second-order valence-corrected chi connectivity index (χ2v) is 7.21. The third-order valence-electron chi connectivity index (χ3n) is 3.75. The SMILES string of the molecule is COc1cc(NC(=O)Cc2csc(-c3ccccc3Cl)n2)c(OC)cc1Cl. The minimum Gasteiger partial charge on any atom is -0.495 e. The largest absolute Gasteiger partial charge is 0.495 e. The molecule has 3 rings (SSSR count). The van der Waals surface area contributed by atoms with Crippen molar-refractivity contribution >= 4 is 46.1 Å². The van der Waals surface area contributed by atoms with Crippen LogP contribution in [-0.2, 0) is 11.2 Å². The van der Waals surface area contributed by atoms with Gasteiger partial charge < -0.3 is 14.8 Å². The van der Waals surface area contributed by atoms with Gasteiger partial charge in [-0.05, 0) is 6.07 Å². The van der Waals surface area contributed by atoms with Crippen LogP contribution in [0.15, 0.2) is 41.8 Å². The lowest BCUT2D eigenvalue weighted by atomic mass is 10.2. The molecule has 8 heteroatoms.